The van der Waals surface area contributed by atoms with Crippen molar-refractivity contribution in [3.63, 3.8) is 0 Å². The minimum atomic E-state index is -2.26. The first-order valence-corrected chi connectivity index (χ1v) is 11.3. The fourth-order valence-electron chi connectivity index (χ4n) is 4.70. The van der Waals surface area contributed by atoms with Crippen LogP contribution in [0.1, 0.15) is 37.8 Å². The SMILES string of the molecule is COc1ccc([C@@H]2CN(C(C)(C)C)C[C@@]2(F)C(=O)N2C(=O)OC[C@H]2Cc2ccccc2)cc1. The van der Waals surface area contributed by atoms with Crippen LogP contribution in [0.15, 0.2) is 54.6 Å². The van der Waals surface area contributed by atoms with Crippen LogP contribution in [0.3, 0.4) is 0 Å². The molecule has 0 unspecified atom stereocenters. The Balaban J connectivity index is 1.67. The number of halogens is 1. The first-order chi connectivity index (χ1) is 15.6. The summed E-state index contributed by atoms with van der Waals surface area (Å²) in [5.74, 6) is -0.884. The second-order valence-electron chi connectivity index (χ2n) is 9.84. The number of nitrogens with zero attached hydrogens (tertiary/aromatic N) is 2. The van der Waals surface area contributed by atoms with Crippen LogP contribution >= 0.6 is 0 Å². The van der Waals surface area contributed by atoms with Crippen LogP contribution in [0.5, 0.6) is 5.75 Å². The highest BCUT2D eigenvalue weighted by Gasteiger charge is 2.59. The molecule has 2 aromatic carbocycles. The molecule has 0 aliphatic carbocycles. The predicted octanol–water partition coefficient (Wildman–Crippen LogP) is 4.19. The number of ether oxygens (including phenoxy) is 2. The summed E-state index contributed by atoms with van der Waals surface area (Å²) in [4.78, 5) is 29.3. The van der Waals surface area contributed by atoms with Crippen LogP contribution in [0.4, 0.5) is 9.18 Å². The topological polar surface area (TPSA) is 59.1 Å². The van der Waals surface area contributed by atoms with Gasteiger partial charge in [0.15, 0.2) is 0 Å². The number of rotatable bonds is 5. The molecule has 33 heavy (non-hydrogen) atoms. The molecule has 2 aliphatic heterocycles. The van der Waals surface area contributed by atoms with Gasteiger partial charge in [-0.1, -0.05) is 42.5 Å². The number of carbonyl (C=O) groups is 2. The highest BCUT2D eigenvalue weighted by atomic mass is 19.1. The third kappa shape index (κ3) is 4.47. The van der Waals surface area contributed by atoms with E-state index in [0.29, 0.717) is 24.3 Å². The molecule has 2 fully saturated rings. The number of imide groups is 1. The molecule has 0 saturated carbocycles. The van der Waals surface area contributed by atoms with Crippen molar-refractivity contribution in [1.29, 1.82) is 0 Å². The lowest BCUT2D eigenvalue weighted by Gasteiger charge is -2.33. The zero-order valence-corrected chi connectivity index (χ0v) is 19.6. The fraction of sp³-hybridized carbons (Fsp3) is 0.462. The summed E-state index contributed by atoms with van der Waals surface area (Å²) < 4.78 is 27.3. The van der Waals surface area contributed by atoms with Gasteiger partial charge in [-0.25, -0.2) is 14.1 Å². The Hall–Kier alpha value is -2.93. The highest BCUT2D eigenvalue weighted by molar-refractivity contribution is 5.99. The standard InChI is InChI=1S/C26H31FN2O4/c1-25(2,3)28-15-22(19-10-12-21(32-4)13-11-19)26(27,17-28)23(30)29-20(16-33-24(29)31)14-18-8-6-5-7-9-18/h5-13,20,22H,14-17H2,1-4H3/t20-,22+,26+/m1/s1. The molecule has 2 amide bonds. The van der Waals surface area contributed by atoms with Gasteiger partial charge in [0, 0.05) is 24.5 Å². The number of carbonyl (C=O) groups excluding carboxylic acids is 2. The van der Waals surface area contributed by atoms with Gasteiger partial charge >= 0.3 is 6.09 Å². The normalized spacial score (nSPS) is 25.8. The lowest BCUT2D eigenvalue weighted by Crippen LogP contribution is -2.54. The van der Waals surface area contributed by atoms with Gasteiger partial charge in [0.25, 0.3) is 5.91 Å². The van der Waals surface area contributed by atoms with Crippen LogP contribution in [-0.2, 0) is 16.0 Å². The Morgan fingerprint density at radius 3 is 2.42 bits per heavy atom. The zero-order chi connectivity index (χ0) is 23.8. The van der Waals surface area contributed by atoms with Gasteiger partial charge in [0.1, 0.15) is 12.4 Å². The molecule has 2 aromatic rings. The van der Waals surface area contributed by atoms with Crippen molar-refractivity contribution >= 4 is 12.0 Å². The number of hydrogen-bond acceptors (Lipinski definition) is 5. The molecule has 0 bridgehead atoms. The maximum Gasteiger partial charge on any atom is 0.417 e. The minimum Gasteiger partial charge on any atom is -0.497 e. The average molecular weight is 455 g/mol. The van der Waals surface area contributed by atoms with E-state index < -0.39 is 29.6 Å². The molecule has 176 valence electrons. The largest absolute Gasteiger partial charge is 0.497 e. The van der Waals surface area contributed by atoms with Crippen LogP contribution < -0.4 is 4.74 Å². The number of likely N-dealkylation sites (tertiary alicyclic amines) is 1. The van der Waals surface area contributed by atoms with Crippen LogP contribution in [-0.4, -0.2) is 65.9 Å². The molecule has 6 nitrogen and oxygen atoms in total. The van der Waals surface area contributed by atoms with E-state index in [0.717, 1.165) is 10.5 Å². The summed E-state index contributed by atoms with van der Waals surface area (Å²) in [6, 6.07) is 16.1. The Morgan fingerprint density at radius 2 is 1.82 bits per heavy atom. The van der Waals surface area contributed by atoms with E-state index in [9.17, 15) is 9.59 Å². The van der Waals surface area contributed by atoms with Crippen LogP contribution in [0.2, 0.25) is 0 Å². The number of benzene rings is 2. The molecular formula is C26H31FN2O4. The smallest absolute Gasteiger partial charge is 0.417 e. The first kappa shape index (κ1) is 23.2. The number of methoxy groups -OCH3 is 1. The van der Waals surface area contributed by atoms with E-state index in [4.69, 9.17) is 9.47 Å². The molecule has 4 rings (SSSR count). The Kier molecular flexibility index (Phi) is 6.18. The molecule has 2 heterocycles. The highest BCUT2D eigenvalue weighted by Crippen LogP contribution is 2.44. The van der Waals surface area contributed by atoms with Crippen molar-refractivity contribution in [3.8, 4) is 5.75 Å². The Labute approximate surface area is 194 Å². The molecule has 0 spiro atoms. The second-order valence-corrected chi connectivity index (χ2v) is 9.84. The van der Waals surface area contributed by atoms with E-state index in [-0.39, 0.29) is 18.7 Å². The van der Waals surface area contributed by atoms with Gasteiger partial charge in [-0.15, -0.1) is 0 Å². The van der Waals surface area contributed by atoms with Crippen molar-refractivity contribution in [1.82, 2.24) is 9.80 Å². The quantitative estimate of drug-likeness (QED) is 0.678. The van der Waals surface area contributed by atoms with Gasteiger partial charge in [-0.2, -0.15) is 0 Å². The molecule has 2 aliphatic rings. The summed E-state index contributed by atoms with van der Waals surface area (Å²) in [5.41, 5.74) is -0.944. The van der Waals surface area contributed by atoms with Crippen molar-refractivity contribution in [2.45, 2.75) is 50.4 Å². The fourth-order valence-corrected chi connectivity index (χ4v) is 4.70. The monoisotopic (exact) mass is 454 g/mol. The molecule has 0 aromatic heterocycles. The predicted molar refractivity (Wildman–Crippen MR) is 123 cm³/mol. The summed E-state index contributed by atoms with van der Waals surface area (Å²) in [7, 11) is 1.57. The van der Waals surface area contributed by atoms with Gasteiger partial charge in [0.05, 0.1) is 13.2 Å². The zero-order valence-electron chi connectivity index (χ0n) is 19.6. The van der Waals surface area contributed by atoms with Crippen molar-refractivity contribution < 1.29 is 23.5 Å². The molecule has 3 atom stereocenters. The van der Waals surface area contributed by atoms with Crippen molar-refractivity contribution in [2.75, 3.05) is 26.8 Å². The summed E-state index contributed by atoms with van der Waals surface area (Å²) >= 11 is 0. The minimum absolute atomic E-state index is 0.0612. The van der Waals surface area contributed by atoms with Gasteiger partial charge < -0.3 is 9.47 Å². The van der Waals surface area contributed by atoms with E-state index in [1.807, 2.05) is 56.0 Å². The van der Waals surface area contributed by atoms with E-state index in [1.54, 1.807) is 31.4 Å². The van der Waals surface area contributed by atoms with Gasteiger partial charge in [-0.05, 0) is 50.5 Å². The summed E-state index contributed by atoms with van der Waals surface area (Å²) in [5, 5.41) is 0. The average Bonchev–Trinajstić information content (AvgIpc) is 3.34. The number of amides is 2. The lowest BCUT2D eigenvalue weighted by atomic mass is 9.85. The number of cyclic esters (lactones) is 1. The maximum atomic E-state index is 16.9. The van der Waals surface area contributed by atoms with Gasteiger partial charge in [0.2, 0.25) is 5.67 Å². The lowest BCUT2D eigenvalue weighted by molar-refractivity contribution is -0.142. The van der Waals surface area contributed by atoms with Crippen LogP contribution in [0.25, 0.3) is 0 Å². The van der Waals surface area contributed by atoms with Crippen molar-refractivity contribution in [3.05, 3.63) is 65.7 Å². The van der Waals surface area contributed by atoms with E-state index in [2.05, 4.69) is 0 Å². The maximum absolute atomic E-state index is 16.9. The molecular weight excluding hydrogens is 423 g/mol. The van der Waals surface area contributed by atoms with E-state index >= 15 is 4.39 Å². The third-order valence-electron chi connectivity index (χ3n) is 6.69. The molecule has 0 radical (unpaired) electrons. The molecule has 7 heteroatoms. The van der Waals surface area contributed by atoms with E-state index in [1.165, 1.54) is 0 Å². The Morgan fingerprint density at radius 1 is 1.15 bits per heavy atom. The summed E-state index contributed by atoms with van der Waals surface area (Å²) in [6.45, 7) is 6.33. The second kappa shape index (κ2) is 8.78. The molecule has 2 saturated heterocycles. The van der Waals surface area contributed by atoms with Crippen LogP contribution in [0, 0.1) is 0 Å². The molecule has 0 N–H and O–H groups in total. The Bertz CT molecular complexity index is 1010. The third-order valence-corrected chi connectivity index (χ3v) is 6.69. The first-order valence-electron chi connectivity index (χ1n) is 11.3. The van der Waals surface area contributed by atoms with Gasteiger partial charge in [-0.3, -0.25) is 9.69 Å². The summed E-state index contributed by atoms with van der Waals surface area (Å²) in [6.07, 6.45) is -0.356. The number of hydrogen-bond donors (Lipinski definition) is 0. The van der Waals surface area contributed by atoms with Crippen molar-refractivity contribution in [2.24, 2.45) is 0 Å². The number of alkyl halides is 1.